The van der Waals surface area contributed by atoms with Crippen molar-refractivity contribution in [2.45, 2.75) is 20.1 Å². The molecule has 0 amide bonds. The Balaban J connectivity index is 2.06. The van der Waals surface area contributed by atoms with Gasteiger partial charge in [0.2, 0.25) is 0 Å². The molecule has 4 nitrogen and oxygen atoms in total. The maximum Gasteiger partial charge on any atom is 0.166 e. The summed E-state index contributed by atoms with van der Waals surface area (Å²) in [5, 5.41) is 3.15. The van der Waals surface area contributed by atoms with E-state index in [1.165, 1.54) is 12.1 Å². The number of hydrogen-bond acceptors (Lipinski definition) is 4. The molecule has 0 saturated carbocycles. The van der Waals surface area contributed by atoms with Crippen LogP contribution in [-0.2, 0) is 13.2 Å². The average Bonchev–Trinajstić information content (AvgIpc) is 2.45. The Hall–Kier alpha value is -2.01. The van der Waals surface area contributed by atoms with E-state index in [4.69, 9.17) is 4.74 Å². The monoisotopic (exact) mass is 261 g/mol. The molecule has 1 heterocycles. The number of halogens is 1. The molecule has 0 atom stereocenters. The van der Waals surface area contributed by atoms with Gasteiger partial charge in [-0.05, 0) is 30.8 Å². The van der Waals surface area contributed by atoms with E-state index in [1.807, 2.05) is 6.92 Å². The molecule has 1 aromatic carbocycles. The summed E-state index contributed by atoms with van der Waals surface area (Å²) in [7, 11) is 0. The third-order valence-corrected chi connectivity index (χ3v) is 2.56. The first-order chi connectivity index (χ1) is 9.29. The topological polar surface area (TPSA) is 47.0 Å². The zero-order valence-corrected chi connectivity index (χ0v) is 10.8. The summed E-state index contributed by atoms with van der Waals surface area (Å²) in [4.78, 5) is 8.15. The van der Waals surface area contributed by atoms with Gasteiger partial charge in [-0.15, -0.1) is 0 Å². The van der Waals surface area contributed by atoms with Crippen LogP contribution in [0.1, 0.15) is 18.3 Å². The van der Waals surface area contributed by atoms with Crippen molar-refractivity contribution in [1.29, 1.82) is 0 Å². The summed E-state index contributed by atoms with van der Waals surface area (Å²) in [6.45, 7) is 3.65. The molecular formula is C14H16FN3O. The summed E-state index contributed by atoms with van der Waals surface area (Å²) < 4.78 is 18.9. The van der Waals surface area contributed by atoms with Gasteiger partial charge in [0.1, 0.15) is 18.2 Å². The third kappa shape index (κ3) is 3.99. The summed E-state index contributed by atoms with van der Waals surface area (Å²) in [5.74, 6) is 0.979. The van der Waals surface area contributed by atoms with Crippen LogP contribution in [0.4, 0.5) is 4.39 Å². The maximum absolute atomic E-state index is 13.2. The van der Waals surface area contributed by atoms with Crippen molar-refractivity contribution in [3.8, 4) is 5.75 Å². The molecule has 19 heavy (non-hydrogen) atoms. The van der Waals surface area contributed by atoms with E-state index in [1.54, 1.807) is 24.5 Å². The number of nitrogens with zero attached hydrogens (tertiary/aromatic N) is 2. The molecule has 2 rings (SSSR count). The Morgan fingerprint density at radius 3 is 2.79 bits per heavy atom. The number of nitrogens with one attached hydrogen (secondary N) is 1. The fourth-order valence-corrected chi connectivity index (χ4v) is 1.63. The summed E-state index contributed by atoms with van der Waals surface area (Å²) >= 11 is 0. The lowest BCUT2D eigenvalue weighted by Gasteiger charge is -2.11. The molecule has 1 N–H and O–H groups in total. The van der Waals surface area contributed by atoms with Gasteiger partial charge in [-0.1, -0.05) is 6.92 Å². The van der Waals surface area contributed by atoms with Crippen molar-refractivity contribution < 1.29 is 9.13 Å². The lowest BCUT2D eigenvalue weighted by atomic mass is 10.2. The van der Waals surface area contributed by atoms with Crippen LogP contribution >= 0.6 is 0 Å². The SMILES string of the molecule is CCNCc1cc(F)ccc1OCc1ncccn1. The first kappa shape index (κ1) is 13.4. The molecule has 1 aromatic heterocycles. The van der Waals surface area contributed by atoms with Gasteiger partial charge >= 0.3 is 0 Å². The second kappa shape index (κ2) is 6.80. The van der Waals surface area contributed by atoms with Crippen molar-refractivity contribution in [3.05, 3.63) is 53.9 Å². The molecule has 0 unspecified atom stereocenters. The van der Waals surface area contributed by atoms with Crippen LogP contribution in [0, 0.1) is 5.82 Å². The Labute approximate surface area is 111 Å². The molecule has 0 fully saturated rings. The van der Waals surface area contributed by atoms with Gasteiger partial charge in [-0.2, -0.15) is 0 Å². The minimum atomic E-state index is -0.267. The predicted molar refractivity (Wildman–Crippen MR) is 70.1 cm³/mol. The second-order valence-corrected chi connectivity index (χ2v) is 3.99. The van der Waals surface area contributed by atoms with E-state index in [9.17, 15) is 4.39 Å². The molecule has 0 aliphatic rings. The second-order valence-electron chi connectivity index (χ2n) is 3.99. The smallest absolute Gasteiger partial charge is 0.166 e. The number of aromatic nitrogens is 2. The molecule has 5 heteroatoms. The highest BCUT2D eigenvalue weighted by Gasteiger charge is 2.06. The molecule has 2 aromatic rings. The van der Waals surface area contributed by atoms with Crippen LogP contribution in [0.3, 0.4) is 0 Å². The van der Waals surface area contributed by atoms with Crippen LogP contribution < -0.4 is 10.1 Å². The normalized spacial score (nSPS) is 10.4. The molecule has 100 valence electrons. The summed E-state index contributed by atoms with van der Waals surface area (Å²) in [6.07, 6.45) is 3.33. The Bertz CT molecular complexity index is 519. The number of ether oxygens (including phenoxy) is 1. The number of rotatable bonds is 6. The van der Waals surface area contributed by atoms with E-state index in [0.717, 1.165) is 12.1 Å². The highest BCUT2D eigenvalue weighted by atomic mass is 19.1. The maximum atomic E-state index is 13.2. The molecule has 0 aliphatic carbocycles. The van der Waals surface area contributed by atoms with Gasteiger partial charge < -0.3 is 10.1 Å². The first-order valence-electron chi connectivity index (χ1n) is 6.17. The molecule has 0 radical (unpaired) electrons. The summed E-state index contributed by atoms with van der Waals surface area (Å²) in [6, 6.07) is 6.24. The van der Waals surface area contributed by atoms with E-state index in [2.05, 4.69) is 15.3 Å². The van der Waals surface area contributed by atoms with Gasteiger partial charge in [0.15, 0.2) is 5.82 Å². The quantitative estimate of drug-likeness (QED) is 0.866. The van der Waals surface area contributed by atoms with E-state index >= 15 is 0 Å². The van der Waals surface area contributed by atoms with Gasteiger partial charge in [0.25, 0.3) is 0 Å². The van der Waals surface area contributed by atoms with Crippen LogP contribution in [0.2, 0.25) is 0 Å². The molecule has 0 spiro atoms. The minimum absolute atomic E-state index is 0.267. The molecule has 0 bridgehead atoms. The van der Waals surface area contributed by atoms with Crippen molar-refractivity contribution in [2.75, 3.05) is 6.54 Å². The van der Waals surface area contributed by atoms with Gasteiger partial charge in [0.05, 0.1) is 0 Å². The standard InChI is InChI=1S/C14H16FN3O/c1-2-16-9-11-8-12(15)4-5-13(11)19-10-14-17-6-3-7-18-14/h3-8,16H,2,9-10H2,1H3. The Morgan fingerprint density at radius 1 is 1.26 bits per heavy atom. The average molecular weight is 261 g/mol. The van der Waals surface area contributed by atoms with E-state index in [0.29, 0.717) is 18.1 Å². The zero-order chi connectivity index (χ0) is 13.5. The zero-order valence-electron chi connectivity index (χ0n) is 10.8. The molecule has 0 aliphatic heterocycles. The van der Waals surface area contributed by atoms with Crippen molar-refractivity contribution >= 4 is 0 Å². The highest BCUT2D eigenvalue weighted by molar-refractivity contribution is 5.34. The molecular weight excluding hydrogens is 245 g/mol. The van der Waals surface area contributed by atoms with Crippen LogP contribution in [0.5, 0.6) is 5.75 Å². The number of benzene rings is 1. The van der Waals surface area contributed by atoms with E-state index < -0.39 is 0 Å². The van der Waals surface area contributed by atoms with Gasteiger partial charge in [0, 0.05) is 24.5 Å². The molecule has 0 saturated heterocycles. The summed E-state index contributed by atoms with van der Waals surface area (Å²) in [5.41, 5.74) is 0.790. The Kier molecular flexibility index (Phi) is 4.80. The highest BCUT2D eigenvalue weighted by Crippen LogP contribution is 2.20. The van der Waals surface area contributed by atoms with Crippen molar-refractivity contribution in [3.63, 3.8) is 0 Å². The van der Waals surface area contributed by atoms with E-state index in [-0.39, 0.29) is 12.4 Å². The van der Waals surface area contributed by atoms with Crippen molar-refractivity contribution in [2.24, 2.45) is 0 Å². The Morgan fingerprint density at radius 2 is 2.05 bits per heavy atom. The first-order valence-corrected chi connectivity index (χ1v) is 6.17. The predicted octanol–water partition coefficient (Wildman–Crippen LogP) is 2.30. The van der Waals surface area contributed by atoms with Gasteiger partial charge in [-0.3, -0.25) is 0 Å². The lowest BCUT2D eigenvalue weighted by molar-refractivity contribution is 0.291. The minimum Gasteiger partial charge on any atom is -0.485 e. The fraction of sp³-hybridized carbons (Fsp3) is 0.286. The largest absolute Gasteiger partial charge is 0.485 e. The third-order valence-electron chi connectivity index (χ3n) is 2.56. The lowest BCUT2D eigenvalue weighted by Crippen LogP contribution is -2.13. The van der Waals surface area contributed by atoms with Crippen LogP contribution in [0.25, 0.3) is 0 Å². The number of hydrogen-bond donors (Lipinski definition) is 1. The van der Waals surface area contributed by atoms with Crippen molar-refractivity contribution in [1.82, 2.24) is 15.3 Å². The van der Waals surface area contributed by atoms with Gasteiger partial charge in [-0.25, -0.2) is 14.4 Å². The fourth-order valence-electron chi connectivity index (χ4n) is 1.63. The van der Waals surface area contributed by atoms with Crippen LogP contribution in [-0.4, -0.2) is 16.5 Å². The van der Waals surface area contributed by atoms with Crippen LogP contribution in [0.15, 0.2) is 36.7 Å².